The first-order valence-electron chi connectivity index (χ1n) is 6.76. The molecule has 1 fully saturated rings. The highest BCUT2D eigenvalue weighted by Crippen LogP contribution is 2.21. The third-order valence-electron chi connectivity index (χ3n) is 3.39. The average Bonchev–Trinajstić information content (AvgIpc) is 2.48. The summed E-state index contributed by atoms with van der Waals surface area (Å²) in [4.78, 5) is 18.5. The predicted octanol–water partition coefficient (Wildman–Crippen LogP) is 1.51. The number of carbonyl (C=O) groups is 1. The highest BCUT2D eigenvalue weighted by Gasteiger charge is 2.14. The van der Waals surface area contributed by atoms with Crippen LogP contribution >= 0.6 is 0 Å². The maximum absolute atomic E-state index is 12.1. The van der Waals surface area contributed by atoms with Gasteiger partial charge in [-0.1, -0.05) is 6.07 Å². The quantitative estimate of drug-likeness (QED) is 0.919. The highest BCUT2D eigenvalue weighted by atomic mass is 16.5. The summed E-state index contributed by atoms with van der Waals surface area (Å²) in [7, 11) is 0. The first-order valence-corrected chi connectivity index (χ1v) is 6.76. The number of carbonyl (C=O) groups excluding carboxylic acids is 1. The maximum Gasteiger partial charge on any atom is 0.238 e. The number of amides is 1. The van der Waals surface area contributed by atoms with E-state index in [1.54, 1.807) is 6.20 Å². The fourth-order valence-corrected chi connectivity index (χ4v) is 2.36. The summed E-state index contributed by atoms with van der Waals surface area (Å²) >= 11 is 0. The second-order valence-electron chi connectivity index (χ2n) is 4.81. The zero-order valence-electron chi connectivity index (χ0n) is 11.2. The first kappa shape index (κ1) is 13.0. The van der Waals surface area contributed by atoms with Crippen molar-refractivity contribution in [1.82, 2.24) is 9.88 Å². The van der Waals surface area contributed by atoms with Crippen LogP contribution in [0.1, 0.15) is 0 Å². The summed E-state index contributed by atoms with van der Waals surface area (Å²) in [5.74, 6) is 0.00301. The molecule has 1 N–H and O–H groups in total. The van der Waals surface area contributed by atoms with Gasteiger partial charge in [0.05, 0.1) is 31.0 Å². The van der Waals surface area contributed by atoms with E-state index in [2.05, 4.69) is 15.2 Å². The van der Waals surface area contributed by atoms with Gasteiger partial charge in [0.1, 0.15) is 0 Å². The largest absolute Gasteiger partial charge is 0.379 e. The fraction of sp³-hybridized carbons (Fsp3) is 0.333. The SMILES string of the molecule is O=C(CN1CCOCC1)Nc1cccc2ncccc12. The second kappa shape index (κ2) is 5.98. The van der Waals surface area contributed by atoms with Gasteiger partial charge in [0.2, 0.25) is 5.91 Å². The number of ether oxygens (including phenoxy) is 1. The lowest BCUT2D eigenvalue weighted by Gasteiger charge is -2.25. The number of morpholine rings is 1. The van der Waals surface area contributed by atoms with Crippen LogP contribution < -0.4 is 5.32 Å². The Kier molecular flexibility index (Phi) is 3.90. The predicted molar refractivity (Wildman–Crippen MR) is 77.6 cm³/mol. The van der Waals surface area contributed by atoms with E-state index in [-0.39, 0.29) is 5.91 Å². The van der Waals surface area contributed by atoms with Gasteiger partial charge in [0, 0.05) is 24.7 Å². The minimum atomic E-state index is 0.00301. The molecule has 0 bridgehead atoms. The molecule has 1 aromatic carbocycles. The van der Waals surface area contributed by atoms with Gasteiger partial charge in [0.15, 0.2) is 0 Å². The van der Waals surface area contributed by atoms with Gasteiger partial charge in [-0.25, -0.2) is 0 Å². The number of rotatable bonds is 3. The fourth-order valence-electron chi connectivity index (χ4n) is 2.36. The standard InChI is InChI=1S/C15H17N3O2/c19-15(11-18-7-9-20-10-8-18)17-14-5-1-4-13-12(14)3-2-6-16-13/h1-6H,7-11H2,(H,17,19). The van der Waals surface area contributed by atoms with Gasteiger partial charge in [0.25, 0.3) is 0 Å². The Balaban J connectivity index is 1.71. The van der Waals surface area contributed by atoms with Crippen molar-refractivity contribution < 1.29 is 9.53 Å². The average molecular weight is 271 g/mol. The highest BCUT2D eigenvalue weighted by molar-refractivity contribution is 6.01. The number of aromatic nitrogens is 1. The van der Waals surface area contributed by atoms with Crippen molar-refractivity contribution >= 4 is 22.5 Å². The van der Waals surface area contributed by atoms with Crippen LogP contribution in [0.25, 0.3) is 10.9 Å². The lowest BCUT2D eigenvalue weighted by Crippen LogP contribution is -2.41. The van der Waals surface area contributed by atoms with Gasteiger partial charge in [-0.05, 0) is 24.3 Å². The molecule has 0 radical (unpaired) electrons. The molecule has 1 aromatic heterocycles. The van der Waals surface area contributed by atoms with Crippen molar-refractivity contribution in [1.29, 1.82) is 0 Å². The molecule has 0 aliphatic carbocycles. The monoisotopic (exact) mass is 271 g/mol. The Bertz CT molecular complexity index is 604. The Morgan fingerprint density at radius 1 is 1.25 bits per heavy atom. The lowest BCUT2D eigenvalue weighted by molar-refractivity contribution is -0.118. The summed E-state index contributed by atoms with van der Waals surface area (Å²) < 4.78 is 5.28. The zero-order valence-corrected chi connectivity index (χ0v) is 11.2. The van der Waals surface area contributed by atoms with E-state index >= 15 is 0 Å². The van der Waals surface area contributed by atoms with Gasteiger partial charge in [-0.15, -0.1) is 0 Å². The molecule has 1 aliphatic rings. The first-order chi connectivity index (χ1) is 9.83. The van der Waals surface area contributed by atoms with Gasteiger partial charge < -0.3 is 10.1 Å². The Morgan fingerprint density at radius 2 is 2.10 bits per heavy atom. The summed E-state index contributed by atoms with van der Waals surface area (Å²) in [6.07, 6.45) is 1.75. The Labute approximate surface area is 117 Å². The Hall–Kier alpha value is -1.98. The third kappa shape index (κ3) is 2.95. The molecule has 5 nitrogen and oxygen atoms in total. The maximum atomic E-state index is 12.1. The van der Waals surface area contributed by atoms with Crippen molar-refractivity contribution in [3.63, 3.8) is 0 Å². The summed E-state index contributed by atoms with van der Waals surface area (Å²) in [5.41, 5.74) is 1.70. The van der Waals surface area contributed by atoms with Gasteiger partial charge in [-0.2, -0.15) is 0 Å². The molecule has 2 aromatic rings. The van der Waals surface area contributed by atoms with Crippen LogP contribution in [0.3, 0.4) is 0 Å². The zero-order chi connectivity index (χ0) is 13.8. The lowest BCUT2D eigenvalue weighted by atomic mass is 10.2. The third-order valence-corrected chi connectivity index (χ3v) is 3.39. The van der Waals surface area contributed by atoms with Crippen molar-refractivity contribution in [2.45, 2.75) is 0 Å². The molecule has 2 heterocycles. The number of hydrogen-bond donors (Lipinski definition) is 1. The minimum absolute atomic E-state index is 0.00301. The number of pyridine rings is 1. The molecule has 5 heteroatoms. The van der Waals surface area contributed by atoms with Crippen LogP contribution in [0.15, 0.2) is 36.5 Å². The normalized spacial score (nSPS) is 16.2. The molecule has 104 valence electrons. The minimum Gasteiger partial charge on any atom is -0.379 e. The van der Waals surface area contributed by atoms with Crippen LogP contribution in [-0.4, -0.2) is 48.6 Å². The molecule has 0 atom stereocenters. The number of hydrogen-bond acceptors (Lipinski definition) is 4. The second-order valence-corrected chi connectivity index (χ2v) is 4.81. The molecule has 0 spiro atoms. The van der Waals surface area contributed by atoms with Crippen LogP contribution in [0.4, 0.5) is 5.69 Å². The van der Waals surface area contributed by atoms with Crippen LogP contribution in [0.5, 0.6) is 0 Å². The van der Waals surface area contributed by atoms with Crippen molar-refractivity contribution in [2.24, 2.45) is 0 Å². The number of nitrogens with zero attached hydrogens (tertiary/aromatic N) is 2. The van der Waals surface area contributed by atoms with E-state index in [1.807, 2.05) is 30.3 Å². The topological polar surface area (TPSA) is 54.5 Å². The summed E-state index contributed by atoms with van der Waals surface area (Å²) in [5, 5.41) is 3.93. The van der Waals surface area contributed by atoms with Crippen LogP contribution in [-0.2, 0) is 9.53 Å². The Morgan fingerprint density at radius 3 is 2.95 bits per heavy atom. The van der Waals surface area contributed by atoms with Gasteiger partial charge in [-0.3, -0.25) is 14.7 Å². The van der Waals surface area contributed by atoms with Crippen molar-refractivity contribution in [3.05, 3.63) is 36.5 Å². The van der Waals surface area contributed by atoms with E-state index in [0.29, 0.717) is 19.8 Å². The van der Waals surface area contributed by atoms with Crippen molar-refractivity contribution in [3.8, 4) is 0 Å². The van der Waals surface area contributed by atoms with E-state index < -0.39 is 0 Å². The van der Waals surface area contributed by atoms with E-state index in [1.165, 1.54) is 0 Å². The van der Waals surface area contributed by atoms with E-state index in [0.717, 1.165) is 29.7 Å². The molecule has 3 rings (SSSR count). The summed E-state index contributed by atoms with van der Waals surface area (Å²) in [6, 6.07) is 9.58. The van der Waals surface area contributed by atoms with E-state index in [9.17, 15) is 4.79 Å². The molecular formula is C15H17N3O2. The van der Waals surface area contributed by atoms with E-state index in [4.69, 9.17) is 4.74 Å². The number of fused-ring (bicyclic) bond motifs is 1. The molecule has 0 saturated carbocycles. The molecule has 1 amide bonds. The number of anilines is 1. The molecule has 0 unspecified atom stereocenters. The smallest absolute Gasteiger partial charge is 0.238 e. The van der Waals surface area contributed by atoms with Crippen LogP contribution in [0.2, 0.25) is 0 Å². The number of benzene rings is 1. The van der Waals surface area contributed by atoms with Crippen molar-refractivity contribution in [2.75, 3.05) is 38.2 Å². The van der Waals surface area contributed by atoms with Gasteiger partial charge >= 0.3 is 0 Å². The van der Waals surface area contributed by atoms with Crippen LogP contribution in [0, 0.1) is 0 Å². The molecule has 1 saturated heterocycles. The number of nitrogens with one attached hydrogen (secondary N) is 1. The summed E-state index contributed by atoms with van der Waals surface area (Å²) in [6.45, 7) is 3.42. The molecular weight excluding hydrogens is 254 g/mol. The molecule has 20 heavy (non-hydrogen) atoms. The molecule has 1 aliphatic heterocycles.